The lowest BCUT2D eigenvalue weighted by Gasteiger charge is -2.14. The molecule has 3 rings (SSSR count). The van der Waals surface area contributed by atoms with E-state index in [2.05, 4.69) is 34.6 Å². The summed E-state index contributed by atoms with van der Waals surface area (Å²) >= 11 is 1.33. The van der Waals surface area contributed by atoms with E-state index in [0.717, 1.165) is 23.6 Å². The number of carbonyl (C=O) groups is 1. The molecule has 0 saturated heterocycles. The highest BCUT2D eigenvalue weighted by atomic mass is 32.2. The molecule has 0 radical (unpaired) electrons. The van der Waals surface area contributed by atoms with Gasteiger partial charge in [0, 0.05) is 12.7 Å². The molecule has 3 aromatic rings. The molecule has 1 amide bonds. The van der Waals surface area contributed by atoms with Crippen molar-refractivity contribution in [3.05, 3.63) is 59.9 Å². The lowest BCUT2D eigenvalue weighted by Crippen LogP contribution is -2.14. The predicted molar refractivity (Wildman–Crippen MR) is 118 cm³/mol. The minimum absolute atomic E-state index is 0.116. The van der Waals surface area contributed by atoms with Crippen LogP contribution in [0.3, 0.4) is 0 Å². The van der Waals surface area contributed by atoms with Crippen molar-refractivity contribution in [3.8, 4) is 11.5 Å². The van der Waals surface area contributed by atoms with Gasteiger partial charge < -0.3 is 19.4 Å². The fraction of sp³-hybridized carbons (Fsp3) is 0.318. The van der Waals surface area contributed by atoms with E-state index in [0.29, 0.717) is 11.0 Å². The fourth-order valence-electron chi connectivity index (χ4n) is 2.87. The molecule has 0 spiro atoms. The fourth-order valence-corrected chi connectivity index (χ4v) is 3.59. The number of rotatable bonds is 9. The van der Waals surface area contributed by atoms with Crippen LogP contribution in [0.2, 0.25) is 0 Å². The monoisotopic (exact) mass is 426 g/mol. The van der Waals surface area contributed by atoms with Gasteiger partial charge in [0.15, 0.2) is 17.1 Å². The molecule has 158 valence electrons. The summed E-state index contributed by atoms with van der Waals surface area (Å²) in [7, 11) is 3.48. The van der Waals surface area contributed by atoms with E-state index in [4.69, 9.17) is 9.47 Å². The second-order valence-corrected chi connectivity index (χ2v) is 7.67. The van der Waals surface area contributed by atoms with Crippen molar-refractivity contribution >= 4 is 23.4 Å². The zero-order valence-corrected chi connectivity index (χ0v) is 18.4. The minimum Gasteiger partial charge on any atom is -0.497 e. The van der Waals surface area contributed by atoms with Crippen LogP contribution >= 0.6 is 11.8 Å². The van der Waals surface area contributed by atoms with E-state index in [1.165, 1.54) is 17.3 Å². The highest BCUT2D eigenvalue weighted by molar-refractivity contribution is 7.99. The van der Waals surface area contributed by atoms with E-state index in [1.807, 2.05) is 30.7 Å². The summed E-state index contributed by atoms with van der Waals surface area (Å²) in [5, 5.41) is 12.0. The molecule has 0 fully saturated rings. The van der Waals surface area contributed by atoms with E-state index in [1.54, 1.807) is 31.4 Å². The molecule has 2 aromatic carbocycles. The first-order valence-corrected chi connectivity index (χ1v) is 10.7. The molecule has 0 unspecified atom stereocenters. The largest absolute Gasteiger partial charge is 0.497 e. The number of ether oxygens (including phenoxy) is 2. The van der Waals surface area contributed by atoms with E-state index >= 15 is 0 Å². The molecule has 0 bridgehead atoms. The molecule has 8 heteroatoms. The van der Waals surface area contributed by atoms with Crippen LogP contribution in [0, 0.1) is 0 Å². The first-order chi connectivity index (χ1) is 14.5. The Morgan fingerprint density at radius 1 is 1.10 bits per heavy atom. The third kappa shape index (κ3) is 5.54. The molecule has 0 aliphatic heterocycles. The molecule has 1 atom stereocenters. The number of anilines is 1. The first kappa shape index (κ1) is 21.7. The maximum absolute atomic E-state index is 12.2. The van der Waals surface area contributed by atoms with Crippen LogP contribution in [-0.4, -0.2) is 33.5 Å². The summed E-state index contributed by atoms with van der Waals surface area (Å²) in [5.74, 6) is 2.34. The summed E-state index contributed by atoms with van der Waals surface area (Å²) in [5.41, 5.74) is 1.98. The SMILES string of the molecule is CCc1ccc(O[C@H](C)c2nnc(SCC(=O)Nc3ccc(OC)cc3)n2C)cc1. The third-order valence-electron chi connectivity index (χ3n) is 4.58. The zero-order valence-electron chi connectivity index (χ0n) is 17.6. The van der Waals surface area contributed by atoms with Gasteiger partial charge in [0.2, 0.25) is 5.91 Å². The molecule has 1 heterocycles. The van der Waals surface area contributed by atoms with Crippen molar-refractivity contribution < 1.29 is 14.3 Å². The Labute approximate surface area is 180 Å². The number of amides is 1. The van der Waals surface area contributed by atoms with Crippen molar-refractivity contribution in [3.63, 3.8) is 0 Å². The molecule has 0 saturated carbocycles. The Morgan fingerprint density at radius 3 is 2.40 bits per heavy atom. The Morgan fingerprint density at radius 2 is 1.77 bits per heavy atom. The molecule has 1 aromatic heterocycles. The summed E-state index contributed by atoms with van der Waals surface area (Å²) in [6, 6.07) is 15.2. The number of thioether (sulfide) groups is 1. The van der Waals surface area contributed by atoms with Crippen LogP contribution in [0.5, 0.6) is 11.5 Å². The standard InChI is InChI=1S/C22H26N4O3S/c1-5-16-6-10-19(11-7-16)29-15(2)21-24-25-22(26(21)3)30-14-20(27)23-17-8-12-18(28-4)13-9-17/h6-13,15H,5,14H2,1-4H3,(H,23,27)/t15-/m1/s1. The predicted octanol–water partition coefficient (Wildman–Crippen LogP) is 4.26. The highest BCUT2D eigenvalue weighted by Crippen LogP contribution is 2.24. The molecule has 0 aliphatic rings. The maximum atomic E-state index is 12.2. The number of nitrogens with one attached hydrogen (secondary N) is 1. The Kier molecular flexibility index (Phi) is 7.35. The number of benzene rings is 2. The Hall–Kier alpha value is -3.00. The number of aryl methyl sites for hydroxylation is 1. The van der Waals surface area contributed by atoms with Crippen LogP contribution < -0.4 is 14.8 Å². The number of aromatic nitrogens is 3. The van der Waals surface area contributed by atoms with Gasteiger partial charge in [-0.2, -0.15) is 0 Å². The topological polar surface area (TPSA) is 78.3 Å². The maximum Gasteiger partial charge on any atom is 0.234 e. The average Bonchev–Trinajstić information content (AvgIpc) is 3.14. The lowest BCUT2D eigenvalue weighted by molar-refractivity contribution is -0.113. The van der Waals surface area contributed by atoms with Gasteiger partial charge in [-0.1, -0.05) is 30.8 Å². The number of hydrogen-bond donors (Lipinski definition) is 1. The highest BCUT2D eigenvalue weighted by Gasteiger charge is 2.18. The van der Waals surface area contributed by atoms with Crippen LogP contribution in [0.25, 0.3) is 0 Å². The van der Waals surface area contributed by atoms with Crippen molar-refractivity contribution in [2.45, 2.75) is 31.5 Å². The van der Waals surface area contributed by atoms with Gasteiger partial charge in [0.05, 0.1) is 12.9 Å². The normalized spacial score (nSPS) is 11.7. The smallest absolute Gasteiger partial charge is 0.234 e. The summed E-state index contributed by atoms with van der Waals surface area (Å²) in [6.45, 7) is 4.05. The van der Waals surface area contributed by atoms with Crippen LogP contribution in [0.1, 0.15) is 31.3 Å². The number of carbonyl (C=O) groups excluding carboxylic acids is 1. The van der Waals surface area contributed by atoms with Crippen molar-refractivity contribution in [1.29, 1.82) is 0 Å². The number of methoxy groups -OCH3 is 1. The quantitative estimate of drug-likeness (QED) is 0.515. The van der Waals surface area contributed by atoms with Crippen LogP contribution in [0.4, 0.5) is 5.69 Å². The molecular formula is C22H26N4O3S. The molecule has 0 aliphatic carbocycles. The molecule has 30 heavy (non-hydrogen) atoms. The van der Waals surface area contributed by atoms with E-state index in [9.17, 15) is 4.79 Å². The second kappa shape index (κ2) is 10.2. The number of nitrogens with zero attached hydrogens (tertiary/aromatic N) is 3. The van der Waals surface area contributed by atoms with Crippen molar-refractivity contribution in [2.75, 3.05) is 18.2 Å². The molecular weight excluding hydrogens is 400 g/mol. The van der Waals surface area contributed by atoms with Gasteiger partial charge in [-0.25, -0.2) is 0 Å². The van der Waals surface area contributed by atoms with Crippen LogP contribution in [0.15, 0.2) is 53.7 Å². The van der Waals surface area contributed by atoms with E-state index < -0.39 is 0 Å². The van der Waals surface area contributed by atoms with Gasteiger partial charge in [0.1, 0.15) is 11.5 Å². The summed E-state index contributed by atoms with van der Waals surface area (Å²) < 4.78 is 13.0. The summed E-state index contributed by atoms with van der Waals surface area (Å²) in [6.07, 6.45) is 0.726. The van der Waals surface area contributed by atoms with Gasteiger partial charge in [-0.3, -0.25) is 4.79 Å². The van der Waals surface area contributed by atoms with Gasteiger partial charge in [-0.05, 0) is 55.3 Å². The van der Waals surface area contributed by atoms with E-state index in [-0.39, 0.29) is 17.8 Å². The van der Waals surface area contributed by atoms with Gasteiger partial charge in [0.25, 0.3) is 0 Å². The lowest BCUT2D eigenvalue weighted by atomic mass is 10.2. The third-order valence-corrected chi connectivity index (χ3v) is 5.60. The van der Waals surface area contributed by atoms with Crippen LogP contribution in [-0.2, 0) is 18.3 Å². The Bertz CT molecular complexity index is 971. The second-order valence-electron chi connectivity index (χ2n) is 6.72. The zero-order chi connectivity index (χ0) is 21.5. The Balaban J connectivity index is 1.55. The minimum atomic E-state index is -0.266. The molecule has 7 nitrogen and oxygen atoms in total. The first-order valence-electron chi connectivity index (χ1n) is 9.71. The van der Waals surface area contributed by atoms with Gasteiger partial charge in [-0.15, -0.1) is 10.2 Å². The summed E-state index contributed by atoms with van der Waals surface area (Å²) in [4.78, 5) is 12.2. The van der Waals surface area contributed by atoms with Crippen molar-refractivity contribution in [1.82, 2.24) is 14.8 Å². The number of hydrogen-bond acceptors (Lipinski definition) is 6. The van der Waals surface area contributed by atoms with Gasteiger partial charge >= 0.3 is 0 Å². The average molecular weight is 427 g/mol. The molecule has 1 N–H and O–H groups in total. The van der Waals surface area contributed by atoms with Crippen molar-refractivity contribution in [2.24, 2.45) is 7.05 Å².